The molecule has 0 saturated carbocycles. The van der Waals surface area contributed by atoms with Gasteiger partial charge in [-0.05, 0) is 30.4 Å². The topological polar surface area (TPSA) is 63.6 Å². The number of thiophene rings is 1. The number of pyridine rings is 1. The quantitative estimate of drug-likeness (QED) is 0.665. The van der Waals surface area contributed by atoms with Crippen LogP contribution in [0.4, 0.5) is 5.82 Å². The predicted octanol–water partition coefficient (Wildman–Crippen LogP) is 3.94. The van der Waals surface area contributed by atoms with E-state index in [4.69, 9.17) is 0 Å². The van der Waals surface area contributed by atoms with Gasteiger partial charge >= 0.3 is 0 Å². The van der Waals surface area contributed by atoms with Crippen molar-refractivity contribution < 1.29 is 13.4 Å². The molecule has 1 fully saturated rings. The number of sulfonamides is 1. The maximum atomic E-state index is 12.8. The third-order valence-electron chi connectivity index (χ3n) is 5.00. The van der Waals surface area contributed by atoms with Crippen LogP contribution in [0.2, 0.25) is 0 Å². The van der Waals surface area contributed by atoms with Crippen LogP contribution in [-0.4, -0.2) is 25.8 Å². The second-order valence-corrected chi connectivity index (χ2v) is 9.82. The number of piperidine rings is 1. The van der Waals surface area contributed by atoms with Crippen molar-refractivity contribution in [2.45, 2.75) is 30.2 Å². The van der Waals surface area contributed by atoms with E-state index in [0.717, 1.165) is 30.6 Å². The molecule has 0 aliphatic carbocycles. The smallest absolute Gasteiger partial charge is 0.262 e. The van der Waals surface area contributed by atoms with Crippen molar-refractivity contribution in [3.05, 3.63) is 76.6 Å². The summed E-state index contributed by atoms with van der Waals surface area (Å²) in [5.74, 6) is 0.778. The van der Waals surface area contributed by atoms with Crippen LogP contribution in [0.15, 0.2) is 71.1 Å². The van der Waals surface area contributed by atoms with Crippen molar-refractivity contribution in [3.63, 3.8) is 0 Å². The first-order valence-corrected chi connectivity index (χ1v) is 11.8. The number of nitrogens with zero attached hydrogens (tertiary/aromatic N) is 1. The largest absolute Gasteiger partial charge is 0.273 e. The van der Waals surface area contributed by atoms with Gasteiger partial charge in [0.2, 0.25) is 10.0 Å². The van der Waals surface area contributed by atoms with Crippen molar-refractivity contribution in [2.24, 2.45) is 0 Å². The van der Waals surface area contributed by atoms with Crippen LogP contribution in [0.5, 0.6) is 0 Å². The maximum absolute atomic E-state index is 12.8. The highest BCUT2D eigenvalue weighted by atomic mass is 32.2. The lowest BCUT2D eigenvalue weighted by Gasteiger charge is -2.25. The summed E-state index contributed by atoms with van der Waals surface area (Å²) >= 11 is 1.69. The summed E-state index contributed by atoms with van der Waals surface area (Å²) in [4.78, 5) is 4.64. The molecule has 2 N–H and O–H groups in total. The third-order valence-corrected chi connectivity index (χ3v) is 7.83. The molecule has 0 bridgehead atoms. The summed E-state index contributed by atoms with van der Waals surface area (Å²) in [6.07, 6.45) is 4.55. The van der Waals surface area contributed by atoms with Gasteiger partial charge in [0.05, 0.1) is 4.88 Å². The highest BCUT2D eigenvalue weighted by molar-refractivity contribution is 7.89. The molecule has 1 atom stereocenters. The average Bonchev–Trinajstić information content (AvgIpc) is 3.28. The number of anilines is 1. The molecule has 3 heterocycles. The number of hydrogen-bond acceptors (Lipinski definition) is 4. The van der Waals surface area contributed by atoms with Gasteiger partial charge in [-0.2, -0.15) is 4.31 Å². The number of aromatic nitrogens is 1. The Hall–Kier alpha value is -2.22. The van der Waals surface area contributed by atoms with Crippen LogP contribution in [0.1, 0.15) is 35.7 Å². The summed E-state index contributed by atoms with van der Waals surface area (Å²) in [6, 6.07) is 17.9. The molecule has 0 unspecified atom stereocenters. The van der Waals surface area contributed by atoms with Gasteiger partial charge in [0.15, 0.2) is 6.04 Å². The minimum atomic E-state index is -3.43. The van der Waals surface area contributed by atoms with Crippen molar-refractivity contribution in [1.29, 1.82) is 0 Å². The van der Waals surface area contributed by atoms with E-state index in [1.807, 2.05) is 24.3 Å². The van der Waals surface area contributed by atoms with Gasteiger partial charge in [-0.3, -0.25) is 5.32 Å². The van der Waals surface area contributed by atoms with Crippen molar-refractivity contribution in [2.75, 3.05) is 18.4 Å². The van der Waals surface area contributed by atoms with Gasteiger partial charge in [0, 0.05) is 24.7 Å². The second-order valence-electron chi connectivity index (χ2n) is 6.91. The Morgan fingerprint density at radius 1 is 0.964 bits per heavy atom. The van der Waals surface area contributed by atoms with E-state index in [2.05, 4.69) is 33.9 Å². The van der Waals surface area contributed by atoms with Crippen molar-refractivity contribution in [1.82, 2.24) is 4.31 Å². The second kappa shape index (κ2) is 8.43. The third kappa shape index (κ3) is 4.11. The van der Waals surface area contributed by atoms with Crippen LogP contribution in [0, 0.1) is 0 Å². The zero-order valence-electron chi connectivity index (χ0n) is 15.5. The number of hydrogen-bond donors (Lipinski definition) is 1. The molecule has 146 valence electrons. The summed E-state index contributed by atoms with van der Waals surface area (Å²) < 4.78 is 27.2. The Morgan fingerprint density at radius 3 is 2.39 bits per heavy atom. The Balaban J connectivity index is 1.56. The minimum absolute atomic E-state index is 0.00185. The Labute approximate surface area is 170 Å². The number of nitrogens with one attached hydrogen (secondary N) is 2. The molecule has 0 amide bonds. The number of benzene rings is 1. The van der Waals surface area contributed by atoms with Crippen LogP contribution < -0.4 is 10.3 Å². The molecule has 1 aromatic carbocycles. The summed E-state index contributed by atoms with van der Waals surface area (Å²) in [5, 5.41) is 5.56. The highest BCUT2D eigenvalue weighted by Gasteiger charge is 2.27. The SMILES string of the molecule is O=S(=O)(c1ccc(N[C@@H](c2ccccc2)c2cccs2)[nH+]c1)N1CCCCC1. The molecular weight excluding hydrogens is 390 g/mol. The van der Waals surface area contributed by atoms with E-state index >= 15 is 0 Å². The Kier molecular flexibility index (Phi) is 5.75. The fourth-order valence-corrected chi connectivity index (χ4v) is 5.78. The molecule has 5 nitrogen and oxygen atoms in total. The lowest BCUT2D eigenvalue weighted by atomic mass is 10.1. The first-order valence-electron chi connectivity index (χ1n) is 9.51. The standard InChI is InChI=1S/C21H23N3O2S2/c25-28(26,24-13-5-2-6-14-24)18-11-12-20(22-16-18)23-21(19-10-7-15-27-19)17-8-3-1-4-9-17/h1,3-4,7-12,15-16,21H,2,5-6,13-14H2,(H,22,23)/p+1/t21-/m0/s1. The molecule has 0 radical (unpaired) electrons. The molecule has 1 saturated heterocycles. The van der Waals surface area contributed by atoms with Crippen molar-refractivity contribution in [3.8, 4) is 0 Å². The van der Waals surface area contributed by atoms with Gasteiger partial charge in [-0.1, -0.05) is 42.8 Å². The fraction of sp³-hybridized carbons (Fsp3) is 0.286. The molecular formula is C21H24N3O2S2+. The Bertz CT molecular complexity index is 982. The normalized spacial score (nSPS) is 16.6. The lowest BCUT2D eigenvalue weighted by Crippen LogP contribution is -2.36. The van der Waals surface area contributed by atoms with Gasteiger partial charge < -0.3 is 0 Å². The number of H-pyrrole nitrogens is 1. The molecule has 28 heavy (non-hydrogen) atoms. The van der Waals surface area contributed by atoms with E-state index in [-0.39, 0.29) is 6.04 Å². The van der Waals surface area contributed by atoms with Gasteiger partial charge in [0.1, 0.15) is 11.1 Å². The molecule has 3 aromatic rings. The van der Waals surface area contributed by atoms with Crippen LogP contribution in [0.3, 0.4) is 0 Å². The summed E-state index contributed by atoms with van der Waals surface area (Å²) in [7, 11) is -3.43. The van der Waals surface area contributed by atoms with E-state index in [1.54, 1.807) is 34.0 Å². The Morgan fingerprint density at radius 2 is 1.75 bits per heavy atom. The molecule has 2 aromatic heterocycles. The van der Waals surface area contributed by atoms with Crippen LogP contribution in [-0.2, 0) is 10.0 Å². The predicted molar refractivity (Wildman–Crippen MR) is 112 cm³/mol. The first-order chi connectivity index (χ1) is 13.6. The first kappa shape index (κ1) is 19.1. The maximum Gasteiger partial charge on any atom is 0.273 e. The van der Waals surface area contributed by atoms with E-state index < -0.39 is 10.0 Å². The molecule has 1 aliphatic rings. The molecule has 4 rings (SSSR count). The van der Waals surface area contributed by atoms with E-state index in [9.17, 15) is 8.42 Å². The van der Waals surface area contributed by atoms with Crippen LogP contribution >= 0.6 is 11.3 Å². The number of aromatic amines is 1. The fourth-order valence-electron chi connectivity index (χ4n) is 3.49. The molecule has 7 heteroatoms. The van der Waals surface area contributed by atoms with Crippen molar-refractivity contribution >= 4 is 27.2 Å². The summed E-state index contributed by atoms with van der Waals surface area (Å²) in [5.41, 5.74) is 1.16. The zero-order valence-corrected chi connectivity index (χ0v) is 17.2. The minimum Gasteiger partial charge on any atom is -0.262 e. The van der Waals surface area contributed by atoms with Crippen LogP contribution in [0.25, 0.3) is 0 Å². The zero-order chi connectivity index (χ0) is 19.4. The monoisotopic (exact) mass is 414 g/mol. The van der Waals surface area contributed by atoms with E-state index in [0.29, 0.717) is 18.0 Å². The highest BCUT2D eigenvalue weighted by Crippen LogP contribution is 2.29. The molecule has 0 spiro atoms. The molecule has 1 aliphatic heterocycles. The number of rotatable bonds is 6. The average molecular weight is 415 g/mol. The summed E-state index contributed by atoms with van der Waals surface area (Å²) in [6.45, 7) is 1.22. The van der Waals surface area contributed by atoms with Gasteiger partial charge in [0.25, 0.3) is 5.82 Å². The van der Waals surface area contributed by atoms with Gasteiger partial charge in [-0.15, -0.1) is 11.3 Å². The lowest BCUT2D eigenvalue weighted by molar-refractivity contribution is -0.364. The van der Waals surface area contributed by atoms with E-state index in [1.165, 1.54) is 4.88 Å². The van der Waals surface area contributed by atoms with Gasteiger partial charge in [-0.25, -0.2) is 13.4 Å².